The molecule has 0 saturated heterocycles. The minimum atomic E-state index is -0.359. The van der Waals surface area contributed by atoms with E-state index in [1.165, 1.54) is 28.6 Å². The first-order chi connectivity index (χ1) is 18.5. The van der Waals surface area contributed by atoms with Crippen molar-refractivity contribution in [2.75, 3.05) is 10.6 Å². The Hall–Kier alpha value is -3.08. The van der Waals surface area contributed by atoms with E-state index >= 15 is 0 Å². The van der Waals surface area contributed by atoms with Gasteiger partial charge in [0.1, 0.15) is 11.1 Å². The second kappa shape index (κ2) is 12.2. The Bertz CT molecular complexity index is 1340. The number of carbonyl (C=O) groups excluding carboxylic acids is 2. The van der Waals surface area contributed by atoms with E-state index in [4.69, 9.17) is 0 Å². The Kier molecular flexibility index (Phi) is 8.51. The molecule has 196 valence electrons. The number of amides is 2. The molecule has 3 aromatic rings. The summed E-state index contributed by atoms with van der Waals surface area (Å²) in [7, 11) is 0. The molecule has 2 atom stereocenters. The van der Waals surface area contributed by atoms with Crippen molar-refractivity contribution < 1.29 is 9.59 Å². The maximum absolute atomic E-state index is 13.1. The van der Waals surface area contributed by atoms with Gasteiger partial charge in [-0.1, -0.05) is 55.7 Å². The quantitative estimate of drug-likeness (QED) is 0.302. The van der Waals surface area contributed by atoms with Gasteiger partial charge in [0.2, 0.25) is 11.8 Å². The molecule has 1 heterocycles. The SMILES string of the molecule is CC(Sc1cccc(NC(=O)C2CCCCC2)c1)C(=O)Nc1sc2c(c1C#N)CCC(c1ccccc1)C2. The molecular weight excluding hydrogens is 510 g/mol. The predicted molar refractivity (Wildman–Crippen MR) is 156 cm³/mol. The Morgan fingerprint density at radius 3 is 2.58 bits per heavy atom. The molecule has 2 N–H and O–H groups in total. The topological polar surface area (TPSA) is 82.0 Å². The van der Waals surface area contributed by atoms with Gasteiger partial charge in [0.15, 0.2) is 0 Å². The van der Waals surface area contributed by atoms with E-state index in [1.807, 2.05) is 37.3 Å². The number of hydrogen-bond acceptors (Lipinski definition) is 5. The first-order valence-corrected chi connectivity index (χ1v) is 15.2. The highest BCUT2D eigenvalue weighted by Gasteiger charge is 2.28. The minimum absolute atomic E-state index is 0.0952. The van der Waals surface area contributed by atoms with Crippen LogP contribution in [0.2, 0.25) is 0 Å². The summed E-state index contributed by atoms with van der Waals surface area (Å²) in [6.45, 7) is 1.87. The Morgan fingerprint density at radius 2 is 1.82 bits per heavy atom. The van der Waals surface area contributed by atoms with Gasteiger partial charge in [0.05, 0.1) is 10.8 Å². The Balaban J connectivity index is 1.22. The van der Waals surface area contributed by atoms with Gasteiger partial charge >= 0.3 is 0 Å². The zero-order valence-electron chi connectivity index (χ0n) is 21.7. The summed E-state index contributed by atoms with van der Waals surface area (Å²) in [5, 5.41) is 16.3. The van der Waals surface area contributed by atoms with Crippen molar-refractivity contribution in [3.8, 4) is 6.07 Å². The van der Waals surface area contributed by atoms with Crippen molar-refractivity contribution in [3.05, 3.63) is 76.2 Å². The molecule has 38 heavy (non-hydrogen) atoms. The van der Waals surface area contributed by atoms with Gasteiger partial charge in [-0.3, -0.25) is 9.59 Å². The van der Waals surface area contributed by atoms with Gasteiger partial charge in [0, 0.05) is 21.4 Å². The molecule has 1 fully saturated rings. The van der Waals surface area contributed by atoms with Crippen LogP contribution < -0.4 is 10.6 Å². The second-order valence-electron chi connectivity index (χ2n) is 10.3. The van der Waals surface area contributed by atoms with E-state index in [2.05, 4.69) is 41.0 Å². The normalized spacial score (nSPS) is 18.2. The molecule has 2 amide bonds. The smallest absolute Gasteiger partial charge is 0.238 e. The average molecular weight is 544 g/mol. The lowest BCUT2D eigenvalue weighted by Gasteiger charge is -2.22. The number of hydrogen-bond donors (Lipinski definition) is 2. The summed E-state index contributed by atoms with van der Waals surface area (Å²) in [6.07, 6.45) is 8.14. The number of fused-ring (bicyclic) bond motifs is 1. The molecule has 1 aromatic heterocycles. The van der Waals surface area contributed by atoms with E-state index < -0.39 is 0 Å². The monoisotopic (exact) mass is 543 g/mol. The highest BCUT2D eigenvalue weighted by atomic mass is 32.2. The molecule has 0 aliphatic heterocycles. The first-order valence-electron chi connectivity index (χ1n) is 13.5. The number of benzene rings is 2. The van der Waals surface area contributed by atoms with Crippen molar-refractivity contribution in [1.29, 1.82) is 5.26 Å². The molecule has 0 radical (unpaired) electrons. The molecule has 0 spiro atoms. The number of nitriles is 1. The maximum Gasteiger partial charge on any atom is 0.238 e. The largest absolute Gasteiger partial charge is 0.326 e. The molecule has 5 rings (SSSR count). The van der Waals surface area contributed by atoms with E-state index in [-0.39, 0.29) is 23.0 Å². The van der Waals surface area contributed by atoms with Gasteiger partial charge in [-0.2, -0.15) is 5.26 Å². The molecule has 2 unspecified atom stereocenters. The Morgan fingerprint density at radius 1 is 1.03 bits per heavy atom. The van der Waals surface area contributed by atoms with E-state index in [1.54, 1.807) is 11.3 Å². The maximum atomic E-state index is 13.1. The molecule has 2 aliphatic rings. The fourth-order valence-corrected chi connectivity index (χ4v) is 7.74. The van der Waals surface area contributed by atoms with E-state index in [0.29, 0.717) is 16.5 Å². The lowest BCUT2D eigenvalue weighted by molar-refractivity contribution is -0.120. The zero-order valence-corrected chi connectivity index (χ0v) is 23.3. The number of rotatable bonds is 7. The summed E-state index contributed by atoms with van der Waals surface area (Å²) in [4.78, 5) is 27.9. The number of anilines is 2. The number of nitrogens with one attached hydrogen (secondary N) is 2. The van der Waals surface area contributed by atoms with Gasteiger partial charge < -0.3 is 10.6 Å². The second-order valence-corrected chi connectivity index (χ2v) is 12.8. The lowest BCUT2D eigenvalue weighted by atomic mass is 9.83. The third-order valence-electron chi connectivity index (χ3n) is 7.64. The third-order valence-corrected chi connectivity index (χ3v) is 9.91. The zero-order chi connectivity index (χ0) is 26.5. The molecule has 2 aliphatic carbocycles. The van der Waals surface area contributed by atoms with E-state index in [9.17, 15) is 14.9 Å². The van der Waals surface area contributed by atoms with Crippen LogP contribution in [-0.2, 0) is 22.4 Å². The number of thiophene rings is 1. The summed E-state index contributed by atoms with van der Waals surface area (Å²) in [5.41, 5.74) is 3.82. The van der Waals surface area contributed by atoms with Gasteiger partial charge in [0.25, 0.3) is 0 Å². The van der Waals surface area contributed by atoms with Crippen LogP contribution in [0.3, 0.4) is 0 Å². The molecule has 2 aromatic carbocycles. The van der Waals surface area contributed by atoms with Crippen LogP contribution in [0, 0.1) is 17.2 Å². The number of thioether (sulfide) groups is 1. The fraction of sp³-hybridized carbons (Fsp3) is 0.387. The standard InChI is InChI=1S/C31H33N3O2S2/c1-20(37-25-14-8-13-24(18-25)33-30(36)22-11-6-3-7-12-22)29(35)34-31-27(19-32)26-16-15-23(17-28(26)38-31)21-9-4-2-5-10-21/h2,4-5,8-10,13-14,18,20,22-23H,3,6-7,11-12,15-17H2,1H3,(H,33,36)(H,34,35). The van der Waals surface area contributed by atoms with Gasteiger partial charge in [-0.15, -0.1) is 23.1 Å². The van der Waals surface area contributed by atoms with Crippen molar-refractivity contribution in [2.45, 2.75) is 74.4 Å². The van der Waals surface area contributed by atoms with Crippen LogP contribution in [0.5, 0.6) is 0 Å². The summed E-state index contributed by atoms with van der Waals surface area (Å²) in [6, 6.07) is 20.6. The van der Waals surface area contributed by atoms with Gasteiger partial charge in [-0.05, 0) is 74.3 Å². The molecule has 7 heteroatoms. The summed E-state index contributed by atoms with van der Waals surface area (Å²) in [5.74, 6) is 0.510. The molecule has 0 bridgehead atoms. The van der Waals surface area contributed by atoms with E-state index in [0.717, 1.165) is 61.1 Å². The predicted octanol–water partition coefficient (Wildman–Crippen LogP) is 7.53. The van der Waals surface area contributed by atoms with Crippen molar-refractivity contribution in [3.63, 3.8) is 0 Å². The first kappa shape index (κ1) is 26.5. The number of nitrogens with zero attached hydrogens (tertiary/aromatic N) is 1. The Labute approximate surface area is 233 Å². The van der Waals surface area contributed by atoms with Crippen LogP contribution in [0.15, 0.2) is 59.5 Å². The van der Waals surface area contributed by atoms with Crippen molar-refractivity contribution >= 4 is 45.6 Å². The number of carbonyl (C=O) groups is 2. The highest BCUT2D eigenvalue weighted by Crippen LogP contribution is 2.42. The molecule has 1 saturated carbocycles. The summed E-state index contributed by atoms with van der Waals surface area (Å²) >= 11 is 3.00. The molecular formula is C31H33N3O2S2. The molecule has 5 nitrogen and oxygen atoms in total. The van der Waals surface area contributed by atoms with Gasteiger partial charge in [-0.25, -0.2) is 0 Å². The van der Waals surface area contributed by atoms with Crippen LogP contribution in [0.4, 0.5) is 10.7 Å². The minimum Gasteiger partial charge on any atom is -0.326 e. The van der Waals surface area contributed by atoms with Crippen LogP contribution in [-0.4, -0.2) is 17.1 Å². The van der Waals surface area contributed by atoms with Crippen LogP contribution >= 0.6 is 23.1 Å². The fourth-order valence-electron chi connectivity index (χ4n) is 5.53. The van der Waals surface area contributed by atoms with Crippen molar-refractivity contribution in [1.82, 2.24) is 0 Å². The average Bonchev–Trinajstić information content (AvgIpc) is 3.30. The lowest BCUT2D eigenvalue weighted by Crippen LogP contribution is -2.24. The third kappa shape index (κ3) is 6.14. The highest BCUT2D eigenvalue weighted by molar-refractivity contribution is 8.00. The van der Waals surface area contributed by atoms with Crippen LogP contribution in [0.25, 0.3) is 0 Å². The van der Waals surface area contributed by atoms with Crippen molar-refractivity contribution in [2.24, 2.45) is 5.92 Å². The summed E-state index contributed by atoms with van der Waals surface area (Å²) < 4.78 is 0. The van der Waals surface area contributed by atoms with Crippen LogP contribution in [0.1, 0.15) is 72.9 Å².